The summed E-state index contributed by atoms with van der Waals surface area (Å²) >= 11 is 3.51. The molecule has 0 unspecified atom stereocenters. The summed E-state index contributed by atoms with van der Waals surface area (Å²) in [5.74, 6) is -1.21. The lowest BCUT2D eigenvalue weighted by Gasteiger charge is -2.17. The number of H-pyrrole nitrogens is 1. The van der Waals surface area contributed by atoms with E-state index in [9.17, 15) is 14.7 Å². The van der Waals surface area contributed by atoms with Crippen molar-refractivity contribution in [2.45, 2.75) is 18.4 Å². The van der Waals surface area contributed by atoms with E-state index in [1.165, 1.54) is 0 Å². The standard InChI is InChI=1S/C26H21BrN2O4.H2S/c27-21-10-5-11-22-24(21)15(13-28-22)12-23(25(30)31)29-26(32)33-14-20-18-8-3-1-6-16(18)17-7-2-4-9-19(17)20;/h1-11,13,20,23,28H,12,14H2,(H,29,32)(H,30,31);1H2/t23-;/m0./s1. The van der Waals surface area contributed by atoms with Gasteiger partial charge in [-0.05, 0) is 39.9 Å². The Morgan fingerprint density at radius 2 is 1.65 bits per heavy atom. The molecule has 1 aliphatic carbocycles. The Kier molecular flexibility index (Phi) is 7.00. The van der Waals surface area contributed by atoms with Gasteiger partial charge in [-0.1, -0.05) is 70.5 Å². The smallest absolute Gasteiger partial charge is 0.407 e. The van der Waals surface area contributed by atoms with Gasteiger partial charge in [0.25, 0.3) is 0 Å². The molecule has 1 aliphatic rings. The lowest BCUT2D eigenvalue weighted by Crippen LogP contribution is -2.42. The highest BCUT2D eigenvalue weighted by Crippen LogP contribution is 2.44. The first kappa shape index (κ1) is 23.9. The Morgan fingerprint density at radius 3 is 2.29 bits per heavy atom. The SMILES string of the molecule is O=C(N[C@@H](Cc1c[nH]c2cccc(Br)c12)C(=O)O)OCC1c2ccccc2-c2ccccc21.S. The molecule has 1 atom stereocenters. The maximum atomic E-state index is 12.6. The first-order valence-electron chi connectivity index (χ1n) is 10.6. The molecular formula is C26H23BrN2O4S. The Balaban J connectivity index is 0.00000274. The van der Waals surface area contributed by atoms with Gasteiger partial charge in [0, 0.05) is 33.9 Å². The Bertz CT molecular complexity index is 1320. The number of hydrogen-bond donors (Lipinski definition) is 3. The molecule has 8 heteroatoms. The molecule has 5 rings (SSSR count). The van der Waals surface area contributed by atoms with Crippen LogP contribution in [0.25, 0.3) is 22.0 Å². The fourth-order valence-corrected chi connectivity index (χ4v) is 5.19. The fourth-order valence-electron chi connectivity index (χ4n) is 4.57. The Morgan fingerprint density at radius 1 is 1.00 bits per heavy atom. The normalized spacial score (nSPS) is 13.0. The van der Waals surface area contributed by atoms with Crippen LogP contribution in [0.4, 0.5) is 4.79 Å². The van der Waals surface area contributed by atoms with Crippen molar-refractivity contribution >= 4 is 52.4 Å². The highest BCUT2D eigenvalue weighted by atomic mass is 79.9. The molecule has 0 saturated heterocycles. The van der Waals surface area contributed by atoms with Crippen LogP contribution in [0.3, 0.4) is 0 Å². The van der Waals surface area contributed by atoms with Crippen molar-refractivity contribution in [2.75, 3.05) is 6.61 Å². The second-order valence-electron chi connectivity index (χ2n) is 8.04. The number of rotatable bonds is 6. The predicted octanol–water partition coefficient (Wildman–Crippen LogP) is 5.58. The van der Waals surface area contributed by atoms with E-state index in [-0.39, 0.29) is 32.4 Å². The monoisotopic (exact) mass is 538 g/mol. The van der Waals surface area contributed by atoms with Crippen molar-refractivity contribution in [3.8, 4) is 11.1 Å². The van der Waals surface area contributed by atoms with Gasteiger partial charge in [-0.25, -0.2) is 9.59 Å². The number of fused-ring (bicyclic) bond motifs is 4. The quantitative estimate of drug-likeness (QED) is 0.299. The number of carboxylic acids is 1. The number of aromatic nitrogens is 1. The summed E-state index contributed by atoms with van der Waals surface area (Å²) in [5, 5.41) is 13.1. The molecule has 0 aliphatic heterocycles. The zero-order valence-electron chi connectivity index (χ0n) is 18.0. The average molecular weight is 539 g/mol. The second kappa shape index (κ2) is 9.95. The minimum absolute atomic E-state index is 0. The lowest BCUT2D eigenvalue weighted by molar-refractivity contribution is -0.139. The van der Waals surface area contributed by atoms with Crippen LogP contribution < -0.4 is 5.32 Å². The number of aromatic amines is 1. The molecule has 1 aromatic heterocycles. The molecular weight excluding hydrogens is 516 g/mol. The van der Waals surface area contributed by atoms with Gasteiger partial charge in [0.15, 0.2) is 0 Å². The van der Waals surface area contributed by atoms with Crippen molar-refractivity contribution in [1.29, 1.82) is 0 Å². The lowest BCUT2D eigenvalue weighted by atomic mass is 9.98. The molecule has 3 N–H and O–H groups in total. The van der Waals surface area contributed by atoms with Crippen molar-refractivity contribution in [2.24, 2.45) is 0 Å². The summed E-state index contributed by atoms with van der Waals surface area (Å²) in [4.78, 5) is 27.6. The second-order valence-corrected chi connectivity index (χ2v) is 8.90. The summed E-state index contributed by atoms with van der Waals surface area (Å²) in [6, 6.07) is 20.7. The summed E-state index contributed by atoms with van der Waals surface area (Å²) in [6.45, 7) is 0.130. The van der Waals surface area contributed by atoms with Gasteiger partial charge in [-0.3, -0.25) is 0 Å². The Labute approximate surface area is 211 Å². The number of hydrogen-bond acceptors (Lipinski definition) is 3. The van der Waals surface area contributed by atoms with Crippen LogP contribution in [0, 0.1) is 0 Å². The van der Waals surface area contributed by atoms with E-state index in [1.54, 1.807) is 6.20 Å². The van der Waals surface area contributed by atoms with E-state index in [1.807, 2.05) is 54.6 Å². The highest BCUT2D eigenvalue weighted by molar-refractivity contribution is 9.10. The maximum absolute atomic E-state index is 12.6. The van der Waals surface area contributed by atoms with Gasteiger partial charge in [0.2, 0.25) is 0 Å². The van der Waals surface area contributed by atoms with Crippen LogP contribution in [-0.4, -0.2) is 34.8 Å². The van der Waals surface area contributed by atoms with Crippen molar-refractivity contribution < 1.29 is 19.4 Å². The third-order valence-electron chi connectivity index (χ3n) is 6.09. The molecule has 4 aromatic rings. The number of nitrogens with one attached hydrogen (secondary N) is 2. The van der Waals surface area contributed by atoms with Crippen molar-refractivity contribution in [1.82, 2.24) is 10.3 Å². The van der Waals surface area contributed by atoms with Crippen LogP contribution in [0.15, 0.2) is 77.4 Å². The minimum Gasteiger partial charge on any atom is -0.480 e. The van der Waals surface area contributed by atoms with Gasteiger partial charge in [-0.15, -0.1) is 0 Å². The molecule has 3 aromatic carbocycles. The molecule has 1 heterocycles. The number of carboxylic acid groups (broad SMARTS) is 1. The average Bonchev–Trinajstić information content (AvgIpc) is 3.37. The summed E-state index contributed by atoms with van der Waals surface area (Å²) in [5.41, 5.74) is 6.16. The van der Waals surface area contributed by atoms with Crippen LogP contribution in [0.5, 0.6) is 0 Å². The predicted molar refractivity (Wildman–Crippen MR) is 140 cm³/mol. The third-order valence-corrected chi connectivity index (χ3v) is 6.76. The van der Waals surface area contributed by atoms with Gasteiger partial charge in [0.05, 0.1) is 0 Å². The Hall–Kier alpha value is -3.23. The number of carbonyl (C=O) groups is 2. The topological polar surface area (TPSA) is 91.4 Å². The molecule has 0 radical (unpaired) electrons. The first-order valence-corrected chi connectivity index (χ1v) is 11.4. The first-order chi connectivity index (χ1) is 16.0. The number of carbonyl (C=O) groups excluding carboxylic acids is 1. The largest absolute Gasteiger partial charge is 0.480 e. The third kappa shape index (κ3) is 4.43. The zero-order chi connectivity index (χ0) is 22.9. The number of halogens is 1. The van der Waals surface area contributed by atoms with Crippen molar-refractivity contribution in [3.05, 3.63) is 94.1 Å². The van der Waals surface area contributed by atoms with Gasteiger partial charge in [-0.2, -0.15) is 13.5 Å². The van der Waals surface area contributed by atoms with Crippen LogP contribution in [0.1, 0.15) is 22.6 Å². The van der Waals surface area contributed by atoms with Crippen LogP contribution in [0.2, 0.25) is 0 Å². The summed E-state index contributed by atoms with van der Waals surface area (Å²) in [7, 11) is 0. The molecule has 0 saturated carbocycles. The van der Waals surface area contributed by atoms with Gasteiger partial charge >= 0.3 is 12.1 Å². The summed E-state index contributed by atoms with van der Waals surface area (Å²) in [6.07, 6.45) is 1.15. The molecule has 6 nitrogen and oxygen atoms in total. The molecule has 0 spiro atoms. The molecule has 174 valence electrons. The van der Waals surface area contributed by atoms with Gasteiger partial charge < -0.3 is 20.1 Å². The van der Waals surface area contributed by atoms with E-state index in [4.69, 9.17) is 4.74 Å². The number of aliphatic carboxylic acids is 1. The molecule has 0 fully saturated rings. The maximum Gasteiger partial charge on any atom is 0.407 e. The number of ether oxygens (including phenoxy) is 1. The van der Waals surface area contributed by atoms with Gasteiger partial charge in [0.1, 0.15) is 12.6 Å². The number of alkyl carbamates (subject to hydrolysis) is 1. The molecule has 1 amide bonds. The number of benzene rings is 3. The van der Waals surface area contributed by atoms with Crippen molar-refractivity contribution in [3.63, 3.8) is 0 Å². The highest BCUT2D eigenvalue weighted by Gasteiger charge is 2.30. The van der Waals surface area contributed by atoms with E-state index < -0.39 is 18.1 Å². The van der Waals surface area contributed by atoms with Crippen LogP contribution in [-0.2, 0) is 16.0 Å². The van der Waals surface area contributed by atoms with E-state index in [0.29, 0.717) is 0 Å². The number of amides is 1. The fraction of sp³-hybridized carbons (Fsp3) is 0.154. The minimum atomic E-state index is -1.12. The van der Waals surface area contributed by atoms with Crippen LogP contribution >= 0.6 is 29.4 Å². The van der Waals surface area contributed by atoms with E-state index >= 15 is 0 Å². The molecule has 0 bridgehead atoms. The zero-order valence-corrected chi connectivity index (χ0v) is 20.6. The van der Waals surface area contributed by atoms with E-state index in [0.717, 1.165) is 43.2 Å². The molecule has 34 heavy (non-hydrogen) atoms. The summed E-state index contributed by atoms with van der Waals surface area (Å²) < 4.78 is 6.38. The van der Waals surface area contributed by atoms with E-state index in [2.05, 4.69) is 38.4 Å².